The van der Waals surface area contributed by atoms with Crippen LogP contribution in [0.15, 0.2) is 16.7 Å². The van der Waals surface area contributed by atoms with Crippen molar-refractivity contribution in [2.45, 2.75) is 12.8 Å². The average Bonchev–Trinajstić information content (AvgIpc) is 2.87. The molecular weight excluding hydrogens is 340 g/mol. The third kappa shape index (κ3) is 2.60. The van der Waals surface area contributed by atoms with Crippen molar-refractivity contribution < 1.29 is 10.0 Å². The number of aromatic nitrogens is 2. The Morgan fingerprint density at radius 1 is 1.48 bits per heavy atom. The number of nitro benzene ring substituents is 1. The van der Waals surface area contributed by atoms with Crippen LogP contribution in [-0.4, -0.2) is 39.9 Å². The minimum atomic E-state index is -0.366. The first-order valence-electron chi connectivity index (χ1n) is 6.78. The van der Waals surface area contributed by atoms with Crippen LogP contribution >= 0.6 is 15.9 Å². The molecule has 0 saturated carbocycles. The molecule has 0 amide bonds. The highest BCUT2D eigenvalue weighted by Gasteiger charge is 2.26. The summed E-state index contributed by atoms with van der Waals surface area (Å²) in [6.45, 7) is 1.61. The van der Waals surface area contributed by atoms with Crippen molar-refractivity contribution in [2.75, 3.05) is 24.6 Å². The van der Waals surface area contributed by atoms with Gasteiger partial charge in [0.2, 0.25) is 0 Å². The number of nitrogens with one attached hydrogen (secondary N) is 1. The molecule has 2 N–H and O–H groups in total. The number of anilines is 1. The first kappa shape index (κ1) is 14.3. The van der Waals surface area contributed by atoms with Gasteiger partial charge in [0.1, 0.15) is 15.8 Å². The average molecular weight is 355 g/mol. The van der Waals surface area contributed by atoms with E-state index in [1.165, 1.54) is 6.07 Å². The van der Waals surface area contributed by atoms with E-state index in [1.54, 1.807) is 6.07 Å². The van der Waals surface area contributed by atoms with Crippen LogP contribution in [0.5, 0.6) is 0 Å². The van der Waals surface area contributed by atoms with Gasteiger partial charge < -0.3 is 10.0 Å². The Kier molecular flexibility index (Phi) is 3.81. The van der Waals surface area contributed by atoms with E-state index in [4.69, 9.17) is 0 Å². The summed E-state index contributed by atoms with van der Waals surface area (Å²) in [6.07, 6.45) is 1.69. The molecule has 1 aromatic heterocycles. The van der Waals surface area contributed by atoms with E-state index in [9.17, 15) is 15.2 Å². The van der Waals surface area contributed by atoms with Crippen LogP contribution in [-0.2, 0) is 0 Å². The molecule has 1 fully saturated rings. The lowest BCUT2D eigenvalue weighted by molar-refractivity contribution is -0.384. The monoisotopic (exact) mass is 354 g/mol. The number of hydrogen-bond acceptors (Lipinski definition) is 5. The van der Waals surface area contributed by atoms with Crippen molar-refractivity contribution in [2.24, 2.45) is 5.92 Å². The molecule has 1 saturated heterocycles. The summed E-state index contributed by atoms with van der Waals surface area (Å²) in [5.74, 6) is 0.296. The fourth-order valence-electron chi connectivity index (χ4n) is 2.76. The minimum Gasteiger partial charge on any atom is -0.396 e. The van der Waals surface area contributed by atoms with Gasteiger partial charge in [-0.05, 0) is 40.8 Å². The SMILES string of the molecule is O=[N+]([O-])c1cc2n[nH]c(Br)c2cc1N1CCC(CO)CC1. The number of hydrogen-bond donors (Lipinski definition) is 2. The van der Waals surface area contributed by atoms with Gasteiger partial charge in [-0.1, -0.05) is 0 Å². The molecule has 2 heterocycles. The molecule has 8 heteroatoms. The quantitative estimate of drug-likeness (QED) is 0.651. The fraction of sp³-hybridized carbons (Fsp3) is 0.462. The van der Waals surface area contributed by atoms with Crippen LogP contribution in [0, 0.1) is 16.0 Å². The number of halogens is 1. The van der Waals surface area contributed by atoms with Gasteiger partial charge in [-0.2, -0.15) is 5.10 Å². The summed E-state index contributed by atoms with van der Waals surface area (Å²) in [5.41, 5.74) is 1.26. The van der Waals surface area contributed by atoms with Gasteiger partial charge in [-0.25, -0.2) is 0 Å². The van der Waals surface area contributed by atoms with Crippen LogP contribution < -0.4 is 4.90 Å². The number of benzene rings is 1. The molecule has 21 heavy (non-hydrogen) atoms. The summed E-state index contributed by atoms with van der Waals surface area (Å²) in [5, 5.41) is 28.2. The van der Waals surface area contributed by atoms with Crippen LogP contribution in [0.4, 0.5) is 11.4 Å². The molecule has 0 unspecified atom stereocenters. The van der Waals surface area contributed by atoms with Crippen LogP contribution in [0.2, 0.25) is 0 Å². The number of nitrogens with zero attached hydrogens (tertiary/aromatic N) is 3. The molecule has 0 atom stereocenters. The maximum absolute atomic E-state index is 11.3. The summed E-state index contributed by atoms with van der Waals surface area (Å²) >= 11 is 3.37. The van der Waals surface area contributed by atoms with Crippen LogP contribution in [0.25, 0.3) is 10.9 Å². The standard InChI is InChI=1S/C13H15BrN4O3/c14-13-9-5-11(17-3-1-8(7-19)2-4-17)12(18(20)21)6-10(9)15-16-13/h5-6,8,19H,1-4,7H2,(H,15,16). The maximum Gasteiger partial charge on any atom is 0.294 e. The highest BCUT2D eigenvalue weighted by molar-refractivity contribution is 9.10. The zero-order valence-electron chi connectivity index (χ0n) is 11.3. The van der Waals surface area contributed by atoms with Gasteiger partial charge in [0, 0.05) is 31.1 Å². The van der Waals surface area contributed by atoms with E-state index < -0.39 is 0 Å². The maximum atomic E-state index is 11.3. The molecule has 2 aromatic rings. The van der Waals surface area contributed by atoms with Crippen LogP contribution in [0.3, 0.4) is 0 Å². The number of piperidine rings is 1. The van der Waals surface area contributed by atoms with Crippen molar-refractivity contribution in [3.05, 3.63) is 26.9 Å². The Balaban J connectivity index is 2.01. The third-order valence-electron chi connectivity index (χ3n) is 4.01. The molecular formula is C13H15BrN4O3. The molecule has 3 rings (SSSR count). The predicted molar refractivity (Wildman–Crippen MR) is 82.5 cm³/mol. The Morgan fingerprint density at radius 2 is 2.19 bits per heavy atom. The zero-order valence-corrected chi connectivity index (χ0v) is 12.8. The minimum absolute atomic E-state index is 0.0731. The van der Waals surface area contributed by atoms with Gasteiger partial charge in [0.25, 0.3) is 5.69 Å². The van der Waals surface area contributed by atoms with Gasteiger partial charge >= 0.3 is 0 Å². The molecule has 0 aliphatic carbocycles. The molecule has 0 radical (unpaired) electrons. The van der Waals surface area contributed by atoms with E-state index in [0.717, 1.165) is 22.8 Å². The third-order valence-corrected chi connectivity index (χ3v) is 4.62. The van der Waals surface area contributed by atoms with Gasteiger partial charge in [-0.3, -0.25) is 15.2 Å². The summed E-state index contributed by atoms with van der Waals surface area (Å²) in [6, 6.07) is 3.31. The number of nitro groups is 1. The Bertz CT molecular complexity index is 679. The van der Waals surface area contributed by atoms with E-state index in [0.29, 0.717) is 30.2 Å². The van der Waals surface area contributed by atoms with Crippen LogP contribution in [0.1, 0.15) is 12.8 Å². The number of H-pyrrole nitrogens is 1. The fourth-order valence-corrected chi connectivity index (χ4v) is 3.17. The molecule has 1 aromatic carbocycles. The Morgan fingerprint density at radius 3 is 2.81 bits per heavy atom. The zero-order chi connectivity index (χ0) is 15.0. The normalized spacial score (nSPS) is 16.6. The Labute approximate surface area is 129 Å². The Hall–Kier alpha value is -1.67. The van der Waals surface area contributed by atoms with Gasteiger partial charge in [-0.15, -0.1) is 0 Å². The largest absolute Gasteiger partial charge is 0.396 e. The molecule has 1 aliphatic heterocycles. The van der Waals surface area contributed by atoms with E-state index >= 15 is 0 Å². The molecule has 0 bridgehead atoms. The van der Waals surface area contributed by atoms with E-state index in [-0.39, 0.29) is 17.2 Å². The number of aliphatic hydroxyl groups is 1. The highest BCUT2D eigenvalue weighted by Crippen LogP contribution is 2.36. The van der Waals surface area contributed by atoms with Crippen molar-refractivity contribution in [1.82, 2.24) is 10.2 Å². The first-order valence-corrected chi connectivity index (χ1v) is 7.57. The lowest BCUT2D eigenvalue weighted by atomic mass is 9.97. The molecule has 112 valence electrons. The second kappa shape index (κ2) is 5.61. The van der Waals surface area contributed by atoms with Gasteiger partial charge in [0.05, 0.1) is 4.92 Å². The smallest absolute Gasteiger partial charge is 0.294 e. The van der Waals surface area contributed by atoms with E-state index in [2.05, 4.69) is 26.1 Å². The summed E-state index contributed by atoms with van der Waals surface area (Å²) in [7, 11) is 0. The number of aromatic amines is 1. The lowest BCUT2D eigenvalue weighted by Crippen LogP contribution is -2.35. The highest BCUT2D eigenvalue weighted by atomic mass is 79.9. The number of rotatable bonds is 3. The van der Waals surface area contributed by atoms with E-state index in [1.807, 2.05) is 4.90 Å². The van der Waals surface area contributed by atoms with Crippen molar-refractivity contribution in [3.8, 4) is 0 Å². The lowest BCUT2D eigenvalue weighted by Gasteiger charge is -2.32. The van der Waals surface area contributed by atoms with Crippen molar-refractivity contribution in [3.63, 3.8) is 0 Å². The predicted octanol–water partition coefficient (Wildman–Crippen LogP) is 2.44. The van der Waals surface area contributed by atoms with Crippen molar-refractivity contribution in [1.29, 1.82) is 0 Å². The second-order valence-electron chi connectivity index (χ2n) is 5.27. The molecule has 1 aliphatic rings. The summed E-state index contributed by atoms with van der Waals surface area (Å²) < 4.78 is 0.721. The number of fused-ring (bicyclic) bond motifs is 1. The first-order chi connectivity index (χ1) is 10.1. The molecule has 7 nitrogen and oxygen atoms in total. The topological polar surface area (TPSA) is 95.3 Å². The summed E-state index contributed by atoms with van der Waals surface area (Å²) in [4.78, 5) is 13.0. The van der Waals surface area contributed by atoms with Gasteiger partial charge in [0.15, 0.2) is 0 Å². The van der Waals surface area contributed by atoms with Crippen molar-refractivity contribution >= 4 is 38.2 Å². The number of aliphatic hydroxyl groups excluding tert-OH is 1. The molecule has 0 spiro atoms. The second-order valence-corrected chi connectivity index (χ2v) is 6.06.